The first-order valence-corrected chi connectivity index (χ1v) is 7.38. The number of aromatic nitrogens is 2. The van der Waals surface area contributed by atoms with Crippen molar-refractivity contribution in [3.8, 4) is 5.75 Å². The highest BCUT2D eigenvalue weighted by Gasteiger charge is 2.26. The van der Waals surface area contributed by atoms with E-state index in [-0.39, 0.29) is 17.2 Å². The number of carboxylic acids is 1. The number of hydrogen-bond acceptors (Lipinski definition) is 5. The Kier molecular flexibility index (Phi) is 4.24. The monoisotopic (exact) mass is 311 g/mol. The van der Waals surface area contributed by atoms with Gasteiger partial charge in [0, 0.05) is 0 Å². The molecule has 0 aliphatic carbocycles. The third-order valence-corrected chi connectivity index (χ3v) is 4.13. The van der Waals surface area contributed by atoms with Crippen LogP contribution in [0, 0.1) is 0 Å². The summed E-state index contributed by atoms with van der Waals surface area (Å²) < 4.78 is 26.0. The van der Waals surface area contributed by atoms with E-state index in [1.807, 2.05) is 0 Å². The molecule has 0 spiro atoms. The molecule has 1 aromatic carbocycles. The topological polar surface area (TPSA) is 132 Å². The number of benzene rings is 1. The Bertz CT molecular complexity index is 710. The summed E-state index contributed by atoms with van der Waals surface area (Å²) in [5.74, 6) is -1.25. The summed E-state index contributed by atoms with van der Waals surface area (Å²) in [5, 5.41) is 18.1. The lowest BCUT2D eigenvalue weighted by Crippen LogP contribution is -2.42. The van der Waals surface area contributed by atoms with Crippen molar-refractivity contribution in [1.29, 1.82) is 0 Å². The second kappa shape index (κ2) is 5.94. The maximum Gasteiger partial charge on any atom is 0.322 e. The van der Waals surface area contributed by atoms with Gasteiger partial charge in [0.05, 0.1) is 12.5 Å². The van der Waals surface area contributed by atoms with Gasteiger partial charge in [-0.3, -0.25) is 4.79 Å². The number of carboxylic acid groups (broad SMARTS) is 1. The number of sulfonamides is 1. The zero-order valence-corrected chi connectivity index (χ0v) is 11.5. The summed E-state index contributed by atoms with van der Waals surface area (Å²) in [6.45, 7) is 0. The highest BCUT2D eigenvalue weighted by Crippen LogP contribution is 2.12. The first-order chi connectivity index (χ1) is 9.88. The molecule has 0 bridgehead atoms. The third-order valence-electron chi connectivity index (χ3n) is 2.73. The quantitative estimate of drug-likeness (QED) is 0.597. The van der Waals surface area contributed by atoms with Gasteiger partial charge >= 0.3 is 5.97 Å². The summed E-state index contributed by atoms with van der Waals surface area (Å²) in [5.41, 5.74) is 0.576. The minimum atomic E-state index is -3.99. The number of phenols is 1. The second-order valence-electron chi connectivity index (χ2n) is 4.30. The highest BCUT2D eigenvalue weighted by atomic mass is 32.2. The van der Waals surface area contributed by atoms with Gasteiger partial charge < -0.3 is 15.2 Å². The molecule has 1 aromatic heterocycles. The molecule has 8 nitrogen and oxygen atoms in total. The molecule has 0 unspecified atom stereocenters. The normalized spacial score (nSPS) is 13.0. The fourth-order valence-corrected chi connectivity index (χ4v) is 2.78. The summed E-state index contributed by atoms with van der Waals surface area (Å²) in [6, 6.07) is 4.52. The van der Waals surface area contributed by atoms with Crippen molar-refractivity contribution >= 4 is 16.0 Å². The molecule has 0 aliphatic heterocycles. The van der Waals surface area contributed by atoms with Gasteiger partial charge in [-0.2, -0.15) is 4.72 Å². The third kappa shape index (κ3) is 3.80. The van der Waals surface area contributed by atoms with E-state index in [0.29, 0.717) is 5.56 Å². The van der Waals surface area contributed by atoms with Gasteiger partial charge in [0.15, 0.2) is 5.03 Å². The van der Waals surface area contributed by atoms with Gasteiger partial charge in [0.2, 0.25) is 0 Å². The van der Waals surface area contributed by atoms with Gasteiger partial charge in [-0.1, -0.05) is 12.1 Å². The van der Waals surface area contributed by atoms with Crippen molar-refractivity contribution in [2.24, 2.45) is 0 Å². The molecule has 0 saturated heterocycles. The van der Waals surface area contributed by atoms with Crippen LogP contribution in [0.1, 0.15) is 5.56 Å². The highest BCUT2D eigenvalue weighted by molar-refractivity contribution is 7.89. The molecule has 0 radical (unpaired) electrons. The average Bonchev–Trinajstić information content (AvgIpc) is 2.95. The van der Waals surface area contributed by atoms with Crippen LogP contribution in [0.4, 0.5) is 0 Å². The molecule has 0 amide bonds. The van der Waals surface area contributed by atoms with Crippen molar-refractivity contribution in [2.75, 3.05) is 0 Å². The van der Waals surface area contributed by atoms with Crippen molar-refractivity contribution in [2.45, 2.75) is 17.5 Å². The second-order valence-corrected chi connectivity index (χ2v) is 5.98. The summed E-state index contributed by atoms with van der Waals surface area (Å²) >= 11 is 0. The van der Waals surface area contributed by atoms with Gasteiger partial charge in [-0.25, -0.2) is 13.4 Å². The molecular formula is C12H13N3O5S. The molecular weight excluding hydrogens is 298 g/mol. The Labute approximate surface area is 120 Å². The predicted octanol–water partition coefficient (Wildman–Crippen LogP) is 0.0895. The predicted molar refractivity (Wildman–Crippen MR) is 72.1 cm³/mol. The lowest BCUT2D eigenvalue weighted by molar-refractivity contribution is -0.138. The van der Waals surface area contributed by atoms with E-state index in [1.165, 1.54) is 30.6 Å². The van der Waals surface area contributed by atoms with E-state index in [4.69, 9.17) is 5.11 Å². The molecule has 0 aliphatic rings. The Morgan fingerprint density at radius 2 is 2.00 bits per heavy atom. The molecule has 21 heavy (non-hydrogen) atoms. The Morgan fingerprint density at radius 3 is 2.52 bits per heavy atom. The van der Waals surface area contributed by atoms with E-state index in [2.05, 4.69) is 14.7 Å². The maximum absolute atomic E-state index is 12.0. The van der Waals surface area contributed by atoms with Crippen molar-refractivity contribution < 1.29 is 23.4 Å². The van der Waals surface area contributed by atoms with Gasteiger partial charge in [-0.05, 0) is 24.1 Å². The van der Waals surface area contributed by atoms with Crippen molar-refractivity contribution in [1.82, 2.24) is 14.7 Å². The zero-order valence-electron chi connectivity index (χ0n) is 10.7. The van der Waals surface area contributed by atoms with Crippen LogP contribution in [-0.2, 0) is 21.2 Å². The van der Waals surface area contributed by atoms with E-state index in [1.54, 1.807) is 0 Å². The maximum atomic E-state index is 12.0. The molecule has 2 rings (SSSR count). The van der Waals surface area contributed by atoms with Crippen LogP contribution < -0.4 is 4.72 Å². The fraction of sp³-hybridized carbons (Fsp3) is 0.167. The van der Waals surface area contributed by atoms with Crippen LogP contribution in [-0.4, -0.2) is 40.6 Å². The first kappa shape index (κ1) is 15.0. The number of aromatic amines is 1. The molecule has 0 saturated carbocycles. The number of rotatable bonds is 6. The minimum Gasteiger partial charge on any atom is -0.508 e. The van der Waals surface area contributed by atoms with Crippen molar-refractivity contribution in [3.05, 3.63) is 42.4 Å². The molecule has 4 N–H and O–H groups in total. The smallest absolute Gasteiger partial charge is 0.322 e. The van der Waals surface area contributed by atoms with Crippen molar-refractivity contribution in [3.63, 3.8) is 0 Å². The number of imidazole rings is 1. The lowest BCUT2D eigenvalue weighted by atomic mass is 10.1. The molecule has 1 heterocycles. The molecule has 1 atom stereocenters. The fourth-order valence-electron chi connectivity index (χ4n) is 1.69. The number of nitrogens with one attached hydrogen (secondary N) is 2. The van der Waals surface area contributed by atoms with Crippen LogP contribution in [0.15, 0.2) is 41.8 Å². The number of H-pyrrole nitrogens is 1. The van der Waals surface area contributed by atoms with E-state index < -0.39 is 22.0 Å². The number of aliphatic carboxylic acids is 1. The zero-order chi connectivity index (χ0) is 15.5. The first-order valence-electron chi connectivity index (χ1n) is 5.90. The Morgan fingerprint density at radius 1 is 1.33 bits per heavy atom. The number of hydrogen-bond donors (Lipinski definition) is 4. The lowest BCUT2D eigenvalue weighted by Gasteiger charge is -2.14. The van der Waals surface area contributed by atoms with Crippen LogP contribution >= 0.6 is 0 Å². The Hall–Kier alpha value is -2.39. The van der Waals surface area contributed by atoms with Crippen LogP contribution in [0.2, 0.25) is 0 Å². The van der Waals surface area contributed by atoms with Gasteiger partial charge in [0.1, 0.15) is 11.8 Å². The summed E-state index contributed by atoms with van der Waals surface area (Å²) in [7, 11) is -3.99. The van der Waals surface area contributed by atoms with Gasteiger partial charge in [-0.15, -0.1) is 0 Å². The van der Waals surface area contributed by atoms with Crippen LogP contribution in [0.25, 0.3) is 0 Å². The summed E-state index contributed by atoms with van der Waals surface area (Å²) in [4.78, 5) is 17.2. The number of aromatic hydroxyl groups is 1. The van der Waals surface area contributed by atoms with E-state index in [9.17, 15) is 18.3 Å². The molecule has 9 heteroatoms. The average molecular weight is 311 g/mol. The van der Waals surface area contributed by atoms with Crippen LogP contribution in [0.3, 0.4) is 0 Å². The standard InChI is InChI=1S/C12H13N3O5S/c16-9-3-1-8(2-4-9)5-10(12(17)18)15-21(19,20)11-6-13-7-14-11/h1-4,6-7,10,15-16H,5H2,(H,13,14)(H,17,18)/t10-/m1/s1. The molecule has 0 fully saturated rings. The Balaban J connectivity index is 2.17. The number of carbonyl (C=O) groups is 1. The van der Waals surface area contributed by atoms with E-state index in [0.717, 1.165) is 6.20 Å². The number of nitrogens with zero attached hydrogens (tertiary/aromatic N) is 1. The summed E-state index contributed by atoms with van der Waals surface area (Å²) in [6.07, 6.45) is 2.22. The molecule has 112 valence electrons. The van der Waals surface area contributed by atoms with E-state index >= 15 is 0 Å². The number of phenolic OH excluding ortho intramolecular Hbond substituents is 1. The van der Waals surface area contributed by atoms with Crippen LogP contribution in [0.5, 0.6) is 5.75 Å². The van der Waals surface area contributed by atoms with Gasteiger partial charge in [0.25, 0.3) is 10.0 Å². The molecule has 2 aromatic rings. The largest absolute Gasteiger partial charge is 0.508 e. The minimum absolute atomic E-state index is 0.0451. The SMILES string of the molecule is O=C(O)[C@@H](Cc1ccc(O)cc1)NS(=O)(=O)c1cnc[nH]1.